The monoisotopic (exact) mass is 783 g/mol. The molecule has 0 saturated heterocycles. The summed E-state index contributed by atoms with van der Waals surface area (Å²) >= 11 is 0. The Morgan fingerprint density at radius 1 is 0.492 bits per heavy atom. The fourth-order valence-electron chi connectivity index (χ4n) is 11.1. The normalized spacial score (nSPS) is 16.8. The van der Waals surface area contributed by atoms with E-state index in [1.807, 2.05) is 0 Å². The van der Waals surface area contributed by atoms with Gasteiger partial charge in [0.15, 0.2) is 5.75 Å². The first kappa shape index (κ1) is 35.8. The molecule has 0 amide bonds. The summed E-state index contributed by atoms with van der Waals surface area (Å²) < 4.78 is 7.44. The number of benzene rings is 8. The van der Waals surface area contributed by atoms with Crippen LogP contribution in [0, 0.1) is 5.92 Å². The second-order valence-electron chi connectivity index (χ2n) is 17.6. The third-order valence-electron chi connectivity index (χ3n) is 13.9. The van der Waals surface area contributed by atoms with Crippen LogP contribution in [-0.4, -0.2) is 0 Å². The fraction of sp³-hybridized carbons (Fsp3) is 0.119. The highest BCUT2D eigenvalue weighted by Crippen LogP contribution is 2.63. The van der Waals surface area contributed by atoms with Crippen LogP contribution in [0.2, 0.25) is 0 Å². The molecular weight excluding hydrogens is 739 g/mol. The molecule has 61 heavy (non-hydrogen) atoms. The van der Waals surface area contributed by atoms with E-state index in [0.717, 1.165) is 46.1 Å². The molecule has 0 radical (unpaired) electrons. The van der Waals surface area contributed by atoms with Crippen LogP contribution < -0.4 is 9.64 Å². The van der Waals surface area contributed by atoms with Crippen molar-refractivity contribution in [1.29, 1.82) is 0 Å². The molecule has 2 nitrogen and oxygen atoms in total. The van der Waals surface area contributed by atoms with E-state index in [9.17, 15) is 0 Å². The lowest BCUT2D eigenvalue weighted by atomic mass is 9.62. The molecule has 4 aliphatic rings. The van der Waals surface area contributed by atoms with Crippen molar-refractivity contribution >= 4 is 16.9 Å². The fourth-order valence-corrected chi connectivity index (χ4v) is 11.1. The first-order valence-corrected chi connectivity index (χ1v) is 21.7. The van der Waals surface area contributed by atoms with Gasteiger partial charge in [-0.2, -0.15) is 0 Å². The number of nitrogens with zero attached hydrogens (tertiary/aromatic N) is 1. The Morgan fingerprint density at radius 2 is 1.03 bits per heavy atom. The number of anilines is 2. The Kier molecular flexibility index (Phi) is 7.87. The summed E-state index contributed by atoms with van der Waals surface area (Å²) in [5.74, 6) is 2.08. The maximum absolute atomic E-state index is 7.44. The standard InChI is InChI=1S/C59H45NO/c1-38-32-34-41(39-18-5-4-6-19-39)55(36-38)60(40-33-35-47-46-24-9-12-25-48(46)58(2,3)53(47)37-40)54-30-17-29-52-57(54)61-56-31-16-15-28-51(56)59(52)49-26-13-10-22-44(49)42-20-7-8-21-43(42)45-23-11-14-27-50(45)59/h4-31,33-38H,32H2,1-3H3. The van der Waals surface area contributed by atoms with Crippen LogP contribution in [0.4, 0.5) is 11.4 Å². The van der Waals surface area contributed by atoms with E-state index in [1.165, 1.54) is 66.8 Å². The van der Waals surface area contributed by atoms with Gasteiger partial charge in [0.25, 0.3) is 0 Å². The van der Waals surface area contributed by atoms with Gasteiger partial charge in [-0.3, -0.25) is 0 Å². The first-order chi connectivity index (χ1) is 29.9. The Bertz CT molecular complexity index is 3080. The predicted molar refractivity (Wildman–Crippen MR) is 252 cm³/mol. The van der Waals surface area contributed by atoms with Gasteiger partial charge in [-0.05, 0) is 97.8 Å². The van der Waals surface area contributed by atoms with Crippen LogP contribution in [0.3, 0.4) is 0 Å². The van der Waals surface area contributed by atoms with E-state index >= 15 is 0 Å². The number of fused-ring (bicyclic) bond motifs is 14. The summed E-state index contributed by atoms with van der Waals surface area (Å²) in [4.78, 5) is 2.51. The zero-order valence-electron chi connectivity index (χ0n) is 34.7. The lowest BCUT2D eigenvalue weighted by Gasteiger charge is -2.44. The van der Waals surface area contributed by atoms with Crippen molar-refractivity contribution in [2.45, 2.75) is 38.0 Å². The van der Waals surface area contributed by atoms with E-state index in [4.69, 9.17) is 4.74 Å². The molecule has 0 saturated carbocycles. The number of allylic oxidation sites excluding steroid dienone is 3. The minimum absolute atomic E-state index is 0.168. The quantitative estimate of drug-likeness (QED) is 0.176. The van der Waals surface area contributed by atoms with Crippen LogP contribution in [0.15, 0.2) is 206 Å². The molecule has 1 spiro atoms. The number of ether oxygens (including phenoxy) is 1. The van der Waals surface area contributed by atoms with Gasteiger partial charge in [-0.25, -0.2) is 0 Å². The van der Waals surface area contributed by atoms with Gasteiger partial charge in [-0.15, -0.1) is 0 Å². The van der Waals surface area contributed by atoms with Crippen molar-refractivity contribution in [3.8, 4) is 44.9 Å². The molecule has 8 aromatic carbocycles. The third-order valence-corrected chi connectivity index (χ3v) is 13.9. The summed E-state index contributed by atoms with van der Waals surface area (Å²) in [6.45, 7) is 7.07. The van der Waals surface area contributed by atoms with Crippen molar-refractivity contribution in [2.75, 3.05) is 4.90 Å². The molecule has 12 rings (SSSR count). The van der Waals surface area contributed by atoms with E-state index in [2.05, 4.69) is 226 Å². The van der Waals surface area contributed by atoms with Crippen molar-refractivity contribution in [1.82, 2.24) is 0 Å². The molecular formula is C59H45NO. The summed E-state index contributed by atoms with van der Waals surface area (Å²) in [6, 6.07) is 69.6. The molecule has 3 aliphatic carbocycles. The minimum Gasteiger partial charge on any atom is -0.454 e. The number of hydrogen-bond donors (Lipinski definition) is 0. The molecule has 0 aromatic heterocycles. The number of para-hydroxylation sites is 2. The van der Waals surface area contributed by atoms with Crippen molar-refractivity contribution in [3.05, 3.63) is 245 Å². The maximum atomic E-state index is 7.44. The van der Waals surface area contributed by atoms with E-state index in [1.54, 1.807) is 0 Å². The summed E-state index contributed by atoms with van der Waals surface area (Å²) in [7, 11) is 0. The highest BCUT2D eigenvalue weighted by atomic mass is 16.5. The van der Waals surface area contributed by atoms with Crippen LogP contribution in [-0.2, 0) is 10.8 Å². The predicted octanol–water partition coefficient (Wildman–Crippen LogP) is 15.3. The van der Waals surface area contributed by atoms with Gasteiger partial charge in [0.1, 0.15) is 5.75 Å². The van der Waals surface area contributed by atoms with Gasteiger partial charge < -0.3 is 9.64 Å². The third kappa shape index (κ3) is 5.09. The highest BCUT2D eigenvalue weighted by Gasteiger charge is 2.50. The molecule has 2 heteroatoms. The Labute approximate surface area is 358 Å². The number of rotatable bonds is 4. The number of hydrogen-bond acceptors (Lipinski definition) is 2. The van der Waals surface area contributed by atoms with Crippen molar-refractivity contribution < 1.29 is 4.74 Å². The molecule has 1 atom stereocenters. The topological polar surface area (TPSA) is 12.5 Å². The zero-order valence-corrected chi connectivity index (χ0v) is 34.7. The van der Waals surface area contributed by atoms with Gasteiger partial charge >= 0.3 is 0 Å². The second kappa shape index (κ2) is 13.4. The van der Waals surface area contributed by atoms with Crippen LogP contribution in [0.5, 0.6) is 11.5 Å². The van der Waals surface area contributed by atoms with E-state index in [0.29, 0.717) is 5.92 Å². The summed E-state index contributed by atoms with van der Waals surface area (Å²) in [5, 5.41) is 0. The minimum atomic E-state index is -0.702. The van der Waals surface area contributed by atoms with Crippen molar-refractivity contribution in [2.24, 2.45) is 5.92 Å². The van der Waals surface area contributed by atoms with Crippen molar-refractivity contribution in [3.63, 3.8) is 0 Å². The summed E-state index contributed by atoms with van der Waals surface area (Å²) in [6.07, 6.45) is 5.90. The molecule has 292 valence electrons. The zero-order chi connectivity index (χ0) is 40.9. The highest BCUT2D eigenvalue weighted by molar-refractivity contribution is 5.96. The van der Waals surface area contributed by atoms with Gasteiger partial charge in [0.05, 0.1) is 16.8 Å². The lowest BCUT2D eigenvalue weighted by molar-refractivity contribution is 0.436. The molecule has 1 aliphatic heterocycles. The van der Waals surface area contributed by atoms with Gasteiger partial charge in [-0.1, -0.05) is 197 Å². The molecule has 0 N–H and O–H groups in total. The maximum Gasteiger partial charge on any atom is 0.156 e. The van der Waals surface area contributed by atoms with E-state index < -0.39 is 5.41 Å². The second-order valence-corrected chi connectivity index (χ2v) is 17.6. The lowest BCUT2D eigenvalue weighted by Crippen LogP contribution is -2.35. The van der Waals surface area contributed by atoms with Gasteiger partial charge in [0, 0.05) is 27.8 Å². The SMILES string of the molecule is CC1C=C(N(c2ccc3c(c2)C(C)(C)c2ccccc2-3)c2cccc3c2Oc2ccccc2C32c3ccccc3-c3ccccc3-c3ccccc32)C(c2ccccc2)=CC1. The average Bonchev–Trinajstić information content (AvgIpc) is 3.47. The van der Waals surface area contributed by atoms with Crippen LogP contribution in [0.1, 0.15) is 66.1 Å². The van der Waals surface area contributed by atoms with Gasteiger partial charge in [0.2, 0.25) is 0 Å². The molecule has 8 aromatic rings. The Hall–Kier alpha value is -7.16. The average molecular weight is 784 g/mol. The van der Waals surface area contributed by atoms with Crippen LogP contribution >= 0.6 is 0 Å². The smallest absolute Gasteiger partial charge is 0.156 e. The van der Waals surface area contributed by atoms with E-state index in [-0.39, 0.29) is 5.41 Å². The summed E-state index contributed by atoms with van der Waals surface area (Å²) in [5.41, 5.74) is 19.9. The molecule has 0 bridgehead atoms. The Morgan fingerprint density at radius 3 is 1.72 bits per heavy atom. The largest absolute Gasteiger partial charge is 0.454 e. The van der Waals surface area contributed by atoms with Crippen LogP contribution in [0.25, 0.3) is 39.0 Å². The molecule has 1 unspecified atom stereocenters. The first-order valence-electron chi connectivity index (χ1n) is 21.7. The Balaban J connectivity index is 1.18. The molecule has 1 heterocycles. The molecule has 0 fully saturated rings.